The topological polar surface area (TPSA) is 129 Å². The molecule has 7 rings (SSSR count). The quantitative estimate of drug-likeness (QED) is 0.209. The van der Waals surface area contributed by atoms with Gasteiger partial charge < -0.3 is 10.7 Å². The molecule has 0 radical (unpaired) electrons. The predicted molar refractivity (Wildman–Crippen MR) is 167 cm³/mol. The molecule has 0 amide bonds. The summed E-state index contributed by atoms with van der Waals surface area (Å²) in [4.78, 5) is 21.7. The van der Waals surface area contributed by atoms with E-state index in [1.807, 2.05) is 19.9 Å². The van der Waals surface area contributed by atoms with E-state index in [1.54, 1.807) is 36.4 Å². The fourth-order valence-corrected chi connectivity index (χ4v) is 6.93. The van der Waals surface area contributed by atoms with Gasteiger partial charge in [0.15, 0.2) is 0 Å². The SMILES string of the molecule is Cc1ccc(S(=O)(=O)n2c(C(=O)c3cnn(-c4ccc5[nH]c(C)nc5c4)c3N)cc3ccc(-c4ccc(F)cc4F)cc32)cc1. The van der Waals surface area contributed by atoms with Crippen molar-refractivity contribution >= 4 is 43.6 Å². The minimum Gasteiger partial charge on any atom is -0.383 e. The summed E-state index contributed by atoms with van der Waals surface area (Å²) in [5.74, 6) is -1.50. The van der Waals surface area contributed by atoms with Crippen LogP contribution >= 0.6 is 0 Å². The second-order valence-electron chi connectivity index (χ2n) is 10.7. The van der Waals surface area contributed by atoms with E-state index in [0.717, 1.165) is 33.0 Å². The van der Waals surface area contributed by atoms with Gasteiger partial charge in [0.25, 0.3) is 10.0 Å². The Kier molecular flexibility index (Phi) is 6.41. The van der Waals surface area contributed by atoms with E-state index in [9.17, 15) is 22.0 Å². The molecule has 224 valence electrons. The number of rotatable bonds is 6. The maximum Gasteiger partial charge on any atom is 0.268 e. The average molecular weight is 623 g/mol. The molecule has 0 aliphatic rings. The van der Waals surface area contributed by atoms with E-state index >= 15 is 0 Å². The molecule has 0 fully saturated rings. The second-order valence-corrected chi connectivity index (χ2v) is 12.5. The molecule has 3 aromatic heterocycles. The number of nitrogens with two attached hydrogens (primary N) is 1. The highest BCUT2D eigenvalue weighted by molar-refractivity contribution is 7.90. The van der Waals surface area contributed by atoms with E-state index in [1.165, 1.54) is 41.2 Å². The Balaban J connectivity index is 1.41. The lowest BCUT2D eigenvalue weighted by molar-refractivity contribution is 0.103. The molecule has 0 saturated heterocycles. The van der Waals surface area contributed by atoms with Crippen molar-refractivity contribution in [3.8, 4) is 16.8 Å². The fourth-order valence-electron chi connectivity index (χ4n) is 5.43. The zero-order valence-electron chi connectivity index (χ0n) is 23.9. The summed E-state index contributed by atoms with van der Waals surface area (Å²) in [6.45, 7) is 3.66. The van der Waals surface area contributed by atoms with Crippen LogP contribution in [0.2, 0.25) is 0 Å². The molecule has 0 bridgehead atoms. The van der Waals surface area contributed by atoms with Crippen molar-refractivity contribution in [2.75, 3.05) is 5.73 Å². The first-order valence-corrected chi connectivity index (χ1v) is 15.2. The molecule has 7 aromatic rings. The van der Waals surface area contributed by atoms with Gasteiger partial charge in [-0.2, -0.15) is 5.10 Å². The van der Waals surface area contributed by atoms with Crippen molar-refractivity contribution in [2.24, 2.45) is 0 Å². The van der Waals surface area contributed by atoms with Crippen LogP contribution in [0.3, 0.4) is 0 Å². The van der Waals surface area contributed by atoms with Gasteiger partial charge in [-0.1, -0.05) is 29.8 Å². The number of H-pyrrole nitrogens is 1. The molecule has 0 aliphatic carbocycles. The Bertz CT molecular complexity index is 2430. The molecule has 4 aromatic carbocycles. The van der Waals surface area contributed by atoms with Gasteiger partial charge in [-0.05, 0) is 74.0 Å². The zero-order chi connectivity index (χ0) is 31.6. The Labute approximate surface area is 255 Å². The Morgan fingerprint density at radius 3 is 2.44 bits per heavy atom. The number of aromatic amines is 1. The van der Waals surface area contributed by atoms with Crippen LogP contribution in [0.5, 0.6) is 0 Å². The number of benzene rings is 4. The number of fused-ring (bicyclic) bond motifs is 2. The number of imidazole rings is 1. The van der Waals surface area contributed by atoms with Gasteiger partial charge in [-0.3, -0.25) is 4.79 Å². The van der Waals surface area contributed by atoms with Crippen molar-refractivity contribution in [3.05, 3.63) is 125 Å². The molecule has 0 atom stereocenters. The molecule has 0 saturated carbocycles. The standard InChI is InChI=1S/C33H24F2N6O3S/c1-18-3-9-24(10-4-18)45(43,44)41-30-13-20(25-11-7-22(34)15-27(25)35)5-6-21(30)14-31(41)32(42)26-17-37-40(33(26)36)23-8-12-28-29(16-23)39-19(2)38-28/h3-17H,36H2,1-2H3,(H,38,39). The molecular formula is C33H24F2N6O3S. The molecule has 3 heterocycles. The van der Waals surface area contributed by atoms with Gasteiger partial charge >= 0.3 is 0 Å². The average Bonchev–Trinajstić information content (AvgIpc) is 3.70. The molecule has 9 nitrogen and oxygen atoms in total. The first-order chi connectivity index (χ1) is 21.5. The summed E-state index contributed by atoms with van der Waals surface area (Å²) < 4.78 is 59.1. The summed E-state index contributed by atoms with van der Waals surface area (Å²) in [7, 11) is -4.36. The van der Waals surface area contributed by atoms with Gasteiger partial charge in [0.1, 0.15) is 29.0 Å². The Morgan fingerprint density at radius 2 is 1.69 bits per heavy atom. The number of aromatic nitrogens is 5. The number of carbonyl (C=O) groups is 1. The van der Waals surface area contributed by atoms with Gasteiger partial charge in [-0.25, -0.2) is 30.8 Å². The number of nitrogens with one attached hydrogen (secondary N) is 1. The monoisotopic (exact) mass is 622 g/mol. The van der Waals surface area contributed by atoms with E-state index in [2.05, 4.69) is 15.1 Å². The smallest absolute Gasteiger partial charge is 0.268 e. The van der Waals surface area contributed by atoms with Crippen LogP contribution in [0.4, 0.5) is 14.6 Å². The minimum atomic E-state index is -4.36. The molecule has 45 heavy (non-hydrogen) atoms. The summed E-state index contributed by atoms with van der Waals surface area (Å²) in [5, 5.41) is 4.74. The van der Waals surface area contributed by atoms with E-state index in [-0.39, 0.29) is 33.1 Å². The van der Waals surface area contributed by atoms with Crippen molar-refractivity contribution in [3.63, 3.8) is 0 Å². The van der Waals surface area contributed by atoms with Gasteiger partial charge in [-0.15, -0.1) is 0 Å². The van der Waals surface area contributed by atoms with Crippen LogP contribution in [0.1, 0.15) is 27.4 Å². The summed E-state index contributed by atoms with van der Waals surface area (Å²) in [6.07, 6.45) is 1.29. The van der Waals surface area contributed by atoms with Crippen molar-refractivity contribution in [2.45, 2.75) is 18.7 Å². The number of carbonyl (C=O) groups excluding carboxylic acids is 1. The van der Waals surface area contributed by atoms with Crippen molar-refractivity contribution < 1.29 is 22.0 Å². The van der Waals surface area contributed by atoms with Gasteiger partial charge in [0.2, 0.25) is 5.78 Å². The van der Waals surface area contributed by atoms with Crippen LogP contribution in [0.15, 0.2) is 96.0 Å². The predicted octanol–water partition coefficient (Wildman–Crippen LogP) is 6.32. The second kappa shape index (κ2) is 10.2. The van der Waals surface area contributed by atoms with Gasteiger partial charge in [0.05, 0.1) is 38.9 Å². The number of halogens is 2. The highest BCUT2D eigenvalue weighted by atomic mass is 32.2. The molecule has 12 heteroatoms. The minimum absolute atomic E-state index is 0.00483. The third-order valence-electron chi connectivity index (χ3n) is 7.67. The highest BCUT2D eigenvalue weighted by Crippen LogP contribution is 2.33. The number of hydrogen-bond acceptors (Lipinski definition) is 6. The van der Waals surface area contributed by atoms with E-state index in [4.69, 9.17) is 5.73 Å². The Hall–Kier alpha value is -5.62. The molecule has 0 aliphatic heterocycles. The van der Waals surface area contributed by atoms with Crippen LogP contribution in [-0.4, -0.2) is 37.9 Å². The van der Waals surface area contributed by atoms with E-state index in [0.29, 0.717) is 22.2 Å². The number of hydrogen-bond donors (Lipinski definition) is 2. The summed E-state index contributed by atoms with van der Waals surface area (Å²) >= 11 is 0. The third-order valence-corrected chi connectivity index (χ3v) is 9.42. The number of ketones is 1. The van der Waals surface area contributed by atoms with Gasteiger partial charge in [0, 0.05) is 17.0 Å². The molecule has 0 unspecified atom stereocenters. The number of anilines is 1. The van der Waals surface area contributed by atoms with E-state index < -0.39 is 27.4 Å². The summed E-state index contributed by atoms with van der Waals surface area (Å²) in [6, 6.07) is 20.8. The largest absolute Gasteiger partial charge is 0.383 e. The van der Waals surface area contributed by atoms with Crippen molar-refractivity contribution in [1.82, 2.24) is 23.7 Å². The first kappa shape index (κ1) is 28.2. The fraction of sp³-hybridized carbons (Fsp3) is 0.0606. The molecule has 0 spiro atoms. The van der Waals surface area contributed by atoms with Crippen LogP contribution in [0.25, 0.3) is 38.8 Å². The maximum absolute atomic E-state index is 14.8. The first-order valence-electron chi connectivity index (χ1n) is 13.8. The molecule has 3 N–H and O–H groups in total. The number of nitrogen functional groups attached to an aromatic ring is 1. The summed E-state index contributed by atoms with van der Waals surface area (Å²) in [5.41, 5.74) is 9.67. The zero-order valence-corrected chi connectivity index (χ0v) is 24.7. The number of aryl methyl sites for hydroxylation is 2. The third kappa shape index (κ3) is 4.66. The highest BCUT2D eigenvalue weighted by Gasteiger charge is 2.29. The lowest BCUT2D eigenvalue weighted by Crippen LogP contribution is -2.19. The lowest BCUT2D eigenvalue weighted by atomic mass is 10.0. The normalized spacial score (nSPS) is 11.9. The molecular weight excluding hydrogens is 598 g/mol. The van der Waals surface area contributed by atoms with Crippen molar-refractivity contribution in [1.29, 1.82) is 0 Å². The van der Waals surface area contributed by atoms with Crippen LogP contribution < -0.4 is 5.73 Å². The number of nitrogens with zero attached hydrogens (tertiary/aromatic N) is 4. The Morgan fingerprint density at radius 1 is 0.911 bits per heavy atom. The maximum atomic E-state index is 14.8. The lowest BCUT2D eigenvalue weighted by Gasteiger charge is -2.13. The van der Waals surface area contributed by atoms with Crippen LogP contribution in [-0.2, 0) is 10.0 Å². The van der Waals surface area contributed by atoms with Crippen LogP contribution in [0, 0.1) is 25.5 Å².